The maximum atomic E-state index is 12.3. The third-order valence-electron chi connectivity index (χ3n) is 6.09. The molecule has 0 saturated heterocycles. The van der Waals surface area contributed by atoms with Crippen LogP contribution in [0.5, 0.6) is 0 Å². The fraction of sp³-hybridized carbons (Fsp3) is 0.611. The fourth-order valence-corrected chi connectivity index (χ4v) is 5.72. The normalized spacial score (nSPS) is 32.6. The molecule has 5 rings (SSSR count). The van der Waals surface area contributed by atoms with Crippen molar-refractivity contribution in [2.24, 2.45) is 17.8 Å². The largest absolute Gasteiger partial charge is 0.319 e. The lowest BCUT2D eigenvalue weighted by molar-refractivity contribution is -0.383. The first-order chi connectivity index (χ1) is 11.9. The van der Waals surface area contributed by atoms with Crippen LogP contribution in [0.15, 0.2) is 18.2 Å². The minimum absolute atomic E-state index is 0.0953. The van der Waals surface area contributed by atoms with Gasteiger partial charge in [0, 0.05) is 16.6 Å². The Morgan fingerprint density at radius 1 is 1.20 bits per heavy atom. The summed E-state index contributed by atoms with van der Waals surface area (Å²) >= 11 is 5.81. The summed E-state index contributed by atoms with van der Waals surface area (Å²) < 4.78 is 0. The van der Waals surface area contributed by atoms with Gasteiger partial charge in [0.05, 0.1) is 11.5 Å². The van der Waals surface area contributed by atoms with Crippen molar-refractivity contribution in [1.29, 1.82) is 0 Å². The molecule has 4 aliphatic carbocycles. The molecular formula is C18H22ClN3O3. The second kappa shape index (κ2) is 6.25. The van der Waals surface area contributed by atoms with E-state index in [2.05, 4.69) is 10.6 Å². The molecule has 4 aliphatic rings. The SMILES string of the molecule is O=C(CNC12CC3CC(CC(C3)C1)C2)Nc1ccc(Cl)cc1[N+](=O)[O-]. The van der Waals surface area contributed by atoms with Crippen molar-refractivity contribution >= 4 is 28.9 Å². The van der Waals surface area contributed by atoms with E-state index in [1.54, 1.807) is 0 Å². The average molecular weight is 364 g/mol. The van der Waals surface area contributed by atoms with Crippen LogP contribution in [-0.2, 0) is 4.79 Å². The number of hydrogen-bond acceptors (Lipinski definition) is 4. The van der Waals surface area contributed by atoms with E-state index in [1.807, 2.05) is 0 Å². The third kappa shape index (κ3) is 3.37. The van der Waals surface area contributed by atoms with Gasteiger partial charge in [-0.1, -0.05) is 11.6 Å². The van der Waals surface area contributed by atoms with Gasteiger partial charge in [0.1, 0.15) is 5.69 Å². The molecule has 0 heterocycles. The van der Waals surface area contributed by atoms with Gasteiger partial charge in [-0.3, -0.25) is 14.9 Å². The van der Waals surface area contributed by atoms with E-state index in [4.69, 9.17) is 11.6 Å². The Morgan fingerprint density at radius 3 is 2.36 bits per heavy atom. The molecule has 0 aromatic heterocycles. The zero-order valence-electron chi connectivity index (χ0n) is 14.0. The number of carbonyl (C=O) groups excluding carboxylic acids is 1. The molecule has 7 heteroatoms. The summed E-state index contributed by atoms with van der Waals surface area (Å²) in [5, 5.41) is 17.5. The van der Waals surface area contributed by atoms with E-state index in [-0.39, 0.29) is 34.4 Å². The summed E-state index contributed by atoms with van der Waals surface area (Å²) in [5.74, 6) is 2.17. The van der Waals surface area contributed by atoms with Gasteiger partial charge in [0.2, 0.25) is 5.91 Å². The molecule has 4 bridgehead atoms. The second-order valence-corrected chi connectivity index (χ2v) is 8.45. The van der Waals surface area contributed by atoms with Crippen molar-refractivity contribution in [1.82, 2.24) is 5.32 Å². The Hall–Kier alpha value is -1.66. The number of halogens is 1. The number of anilines is 1. The summed E-state index contributed by atoms with van der Waals surface area (Å²) in [4.78, 5) is 22.9. The highest BCUT2D eigenvalue weighted by Gasteiger charge is 2.50. The molecule has 25 heavy (non-hydrogen) atoms. The Morgan fingerprint density at radius 2 is 1.80 bits per heavy atom. The summed E-state index contributed by atoms with van der Waals surface area (Å²) in [5.41, 5.74) is 0.0974. The monoisotopic (exact) mass is 363 g/mol. The lowest BCUT2D eigenvalue weighted by atomic mass is 9.53. The quantitative estimate of drug-likeness (QED) is 0.616. The van der Waals surface area contributed by atoms with Gasteiger partial charge in [-0.2, -0.15) is 0 Å². The molecule has 2 N–H and O–H groups in total. The van der Waals surface area contributed by atoms with Crippen LogP contribution in [0.25, 0.3) is 0 Å². The van der Waals surface area contributed by atoms with Crippen molar-refractivity contribution in [3.05, 3.63) is 33.3 Å². The highest BCUT2D eigenvalue weighted by molar-refractivity contribution is 6.31. The molecule has 0 aliphatic heterocycles. The molecule has 1 amide bonds. The van der Waals surface area contributed by atoms with Crippen LogP contribution in [0.2, 0.25) is 5.02 Å². The molecule has 134 valence electrons. The second-order valence-electron chi connectivity index (χ2n) is 8.02. The number of nitrogens with one attached hydrogen (secondary N) is 2. The van der Waals surface area contributed by atoms with E-state index in [1.165, 1.54) is 37.5 Å². The van der Waals surface area contributed by atoms with Crippen molar-refractivity contribution in [2.75, 3.05) is 11.9 Å². The minimum atomic E-state index is -0.534. The summed E-state index contributed by atoms with van der Waals surface area (Å²) in [6.45, 7) is 0.186. The van der Waals surface area contributed by atoms with E-state index in [9.17, 15) is 14.9 Å². The van der Waals surface area contributed by atoms with E-state index >= 15 is 0 Å². The van der Waals surface area contributed by atoms with Crippen LogP contribution in [-0.4, -0.2) is 22.9 Å². The maximum absolute atomic E-state index is 12.3. The zero-order valence-corrected chi connectivity index (χ0v) is 14.7. The molecule has 1 aromatic carbocycles. The van der Waals surface area contributed by atoms with Gasteiger partial charge in [-0.15, -0.1) is 0 Å². The molecule has 0 unspecified atom stereocenters. The van der Waals surface area contributed by atoms with Crippen LogP contribution in [0.1, 0.15) is 38.5 Å². The summed E-state index contributed by atoms with van der Waals surface area (Å²) in [6, 6.07) is 4.27. The molecular weight excluding hydrogens is 342 g/mol. The predicted molar refractivity (Wildman–Crippen MR) is 95.6 cm³/mol. The van der Waals surface area contributed by atoms with Gasteiger partial charge < -0.3 is 10.6 Å². The Bertz CT molecular complexity index is 686. The number of amides is 1. The number of nitrogens with zero attached hydrogens (tertiary/aromatic N) is 1. The molecule has 1 aromatic rings. The van der Waals surface area contributed by atoms with E-state index in [0.29, 0.717) is 0 Å². The number of carbonyl (C=O) groups is 1. The Labute approximate surface area is 151 Å². The fourth-order valence-electron chi connectivity index (χ4n) is 5.55. The number of benzene rings is 1. The number of hydrogen-bond donors (Lipinski definition) is 2. The average Bonchev–Trinajstić information content (AvgIpc) is 2.53. The highest BCUT2D eigenvalue weighted by atomic mass is 35.5. The standard InChI is InChI=1S/C18H22ClN3O3/c19-14-1-2-15(16(6-14)22(24)25)21-17(23)10-20-18-7-11-3-12(8-18)5-13(4-11)9-18/h1-2,6,11-13,20H,3-5,7-10H2,(H,21,23). The lowest BCUT2D eigenvalue weighted by Crippen LogP contribution is -2.59. The topological polar surface area (TPSA) is 84.3 Å². The molecule has 4 fully saturated rings. The molecule has 0 radical (unpaired) electrons. The van der Waals surface area contributed by atoms with E-state index < -0.39 is 4.92 Å². The van der Waals surface area contributed by atoms with Crippen LogP contribution in [0.4, 0.5) is 11.4 Å². The lowest BCUT2D eigenvalue weighted by Gasteiger charge is -2.57. The van der Waals surface area contributed by atoms with Gasteiger partial charge in [0.25, 0.3) is 5.69 Å². The van der Waals surface area contributed by atoms with Crippen molar-refractivity contribution in [3.8, 4) is 0 Å². The molecule has 0 atom stereocenters. The first-order valence-corrected chi connectivity index (χ1v) is 9.29. The maximum Gasteiger partial charge on any atom is 0.294 e. The Kier molecular flexibility index (Phi) is 4.20. The molecule has 4 saturated carbocycles. The molecule has 0 spiro atoms. The van der Waals surface area contributed by atoms with Crippen molar-refractivity contribution in [2.45, 2.75) is 44.1 Å². The first kappa shape index (κ1) is 16.8. The first-order valence-electron chi connectivity index (χ1n) is 8.91. The number of nitro groups is 1. The Balaban J connectivity index is 1.40. The number of nitro benzene ring substituents is 1. The van der Waals surface area contributed by atoms with Crippen molar-refractivity contribution in [3.63, 3.8) is 0 Å². The van der Waals surface area contributed by atoms with Crippen LogP contribution >= 0.6 is 11.6 Å². The van der Waals surface area contributed by atoms with Gasteiger partial charge in [0.15, 0.2) is 0 Å². The predicted octanol–water partition coefficient (Wildman–Crippen LogP) is 3.75. The number of rotatable bonds is 5. The van der Waals surface area contributed by atoms with Gasteiger partial charge in [-0.25, -0.2) is 0 Å². The van der Waals surface area contributed by atoms with E-state index in [0.717, 1.165) is 37.0 Å². The summed E-state index contributed by atoms with van der Waals surface area (Å²) in [6.07, 6.45) is 7.53. The zero-order chi connectivity index (χ0) is 17.6. The smallest absolute Gasteiger partial charge is 0.294 e. The minimum Gasteiger partial charge on any atom is -0.319 e. The highest BCUT2D eigenvalue weighted by Crippen LogP contribution is 2.55. The summed E-state index contributed by atoms with van der Waals surface area (Å²) in [7, 11) is 0. The van der Waals surface area contributed by atoms with Crippen LogP contribution < -0.4 is 10.6 Å². The van der Waals surface area contributed by atoms with Crippen molar-refractivity contribution < 1.29 is 9.72 Å². The third-order valence-corrected chi connectivity index (χ3v) is 6.33. The van der Waals surface area contributed by atoms with Gasteiger partial charge >= 0.3 is 0 Å². The van der Waals surface area contributed by atoms with Crippen LogP contribution in [0.3, 0.4) is 0 Å². The van der Waals surface area contributed by atoms with Crippen LogP contribution in [0, 0.1) is 27.9 Å². The van der Waals surface area contributed by atoms with Gasteiger partial charge in [-0.05, 0) is 68.4 Å². The molecule has 6 nitrogen and oxygen atoms in total.